The molecule has 3 aromatic rings. The van der Waals surface area contributed by atoms with Crippen molar-refractivity contribution in [3.63, 3.8) is 0 Å². The number of rotatable bonds is 4. The van der Waals surface area contributed by atoms with Gasteiger partial charge in [0.05, 0.1) is 29.6 Å². The summed E-state index contributed by atoms with van der Waals surface area (Å²) in [5.41, 5.74) is 1.76. The maximum atomic E-state index is 12.9. The van der Waals surface area contributed by atoms with E-state index in [0.717, 1.165) is 48.9 Å². The minimum absolute atomic E-state index is 0.0220. The summed E-state index contributed by atoms with van der Waals surface area (Å²) in [5, 5.41) is 9.80. The van der Waals surface area contributed by atoms with Gasteiger partial charge in [-0.2, -0.15) is 10.2 Å². The Hall–Kier alpha value is -3.16. The second kappa shape index (κ2) is 7.35. The standard InChI is InChI=1S/C21H24N6O2/c28-20-11-18(24-9-4-10-24)13-23-27(20)17-6-3-8-25(14-17)21(29)15-26-19-7-2-1-5-16(19)12-22-26/h1-2,5,7,11-13,17H,3-4,6,8-10,14-15H2/t17-/m0/s1. The number of para-hydroxylation sites is 1. The first-order valence-corrected chi connectivity index (χ1v) is 10.2. The molecule has 0 radical (unpaired) electrons. The van der Waals surface area contributed by atoms with E-state index in [1.54, 1.807) is 27.8 Å². The molecule has 1 aromatic carbocycles. The molecule has 4 heterocycles. The molecule has 2 aliphatic heterocycles. The molecule has 2 aromatic heterocycles. The molecular weight excluding hydrogens is 368 g/mol. The molecule has 0 aliphatic carbocycles. The highest BCUT2D eigenvalue weighted by atomic mass is 16.2. The number of hydrogen-bond donors (Lipinski definition) is 0. The second-order valence-corrected chi connectivity index (χ2v) is 7.83. The Labute approximate surface area is 168 Å². The van der Waals surface area contributed by atoms with Crippen LogP contribution in [-0.2, 0) is 11.3 Å². The molecule has 0 spiro atoms. The normalized spacial score (nSPS) is 19.4. The highest BCUT2D eigenvalue weighted by Crippen LogP contribution is 2.22. The number of benzene rings is 1. The lowest BCUT2D eigenvalue weighted by Crippen LogP contribution is -2.45. The van der Waals surface area contributed by atoms with Crippen LogP contribution < -0.4 is 10.5 Å². The Kier molecular flexibility index (Phi) is 4.54. The first-order valence-electron chi connectivity index (χ1n) is 10.2. The molecule has 0 bridgehead atoms. The van der Waals surface area contributed by atoms with E-state index in [0.29, 0.717) is 13.1 Å². The topological polar surface area (TPSA) is 76.3 Å². The second-order valence-electron chi connectivity index (χ2n) is 7.83. The summed E-state index contributed by atoms with van der Waals surface area (Å²) in [7, 11) is 0. The molecule has 0 saturated carbocycles. The summed E-state index contributed by atoms with van der Waals surface area (Å²) in [4.78, 5) is 29.5. The molecule has 1 atom stereocenters. The molecule has 29 heavy (non-hydrogen) atoms. The molecular formula is C21H24N6O2. The van der Waals surface area contributed by atoms with Gasteiger partial charge < -0.3 is 9.80 Å². The average molecular weight is 392 g/mol. The Morgan fingerprint density at radius 3 is 2.72 bits per heavy atom. The van der Waals surface area contributed by atoms with Crippen molar-refractivity contribution in [2.75, 3.05) is 31.1 Å². The van der Waals surface area contributed by atoms with Crippen molar-refractivity contribution in [1.82, 2.24) is 24.5 Å². The van der Waals surface area contributed by atoms with Crippen molar-refractivity contribution in [3.8, 4) is 0 Å². The third-order valence-electron chi connectivity index (χ3n) is 5.96. The number of fused-ring (bicyclic) bond motifs is 1. The Morgan fingerprint density at radius 1 is 1.07 bits per heavy atom. The lowest BCUT2D eigenvalue weighted by atomic mass is 10.1. The van der Waals surface area contributed by atoms with E-state index in [1.165, 1.54) is 0 Å². The maximum Gasteiger partial charge on any atom is 0.269 e. The van der Waals surface area contributed by atoms with E-state index >= 15 is 0 Å². The molecule has 5 rings (SSSR count). The van der Waals surface area contributed by atoms with Gasteiger partial charge in [-0.3, -0.25) is 14.3 Å². The highest BCUT2D eigenvalue weighted by molar-refractivity contribution is 5.82. The Morgan fingerprint density at radius 2 is 1.93 bits per heavy atom. The summed E-state index contributed by atoms with van der Waals surface area (Å²) in [5.74, 6) is 0.0220. The maximum absolute atomic E-state index is 12.9. The van der Waals surface area contributed by atoms with Gasteiger partial charge in [0.1, 0.15) is 6.54 Å². The van der Waals surface area contributed by atoms with E-state index in [2.05, 4.69) is 15.1 Å². The number of carbonyl (C=O) groups is 1. The number of aromatic nitrogens is 4. The van der Waals surface area contributed by atoms with Crippen LogP contribution in [0.2, 0.25) is 0 Å². The van der Waals surface area contributed by atoms with Gasteiger partial charge in [0.25, 0.3) is 5.56 Å². The molecule has 2 saturated heterocycles. The van der Waals surface area contributed by atoms with Gasteiger partial charge in [-0.15, -0.1) is 0 Å². The van der Waals surface area contributed by atoms with Crippen LogP contribution in [0, 0.1) is 0 Å². The van der Waals surface area contributed by atoms with Gasteiger partial charge in [0.2, 0.25) is 5.91 Å². The molecule has 8 nitrogen and oxygen atoms in total. The summed E-state index contributed by atoms with van der Waals surface area (Å²) in [6.07, 6.45) is 6.43. The van der Waals surface area contributed by atoms with Crippen molar-refractivity contribution in [2.45, 2.75) is 31.8 Å². The summed E-state index contributed by atoms with van der Waals surface area (Å²) >= 11 is 0. The van der Waals surface area contributed by atoms with Gasteiger partial charge in [-0.1, -0.05) is 18.2 Å². The lowest BCUT2D eigenvalue weighted by Gasteiger charge is -2.34. The van der Waals surface area contributed by atoms with Gasteiger partial charge in [-0.05, 0) is 25.3 Å². The molecule has 2 aliphatic rings. The van der Waals surface area contributed by atoms with Crippen LogP contribution in [0.4, 0.5) is 5.69 Å². The van der Waals surface area contributed by atoms with Crippen molar-refractivity contribution in [3.05, 3.63) is 53.1 Å². The Balaban J connectivity index is 1.30. The fraction of sp³-hybridized carbons (Fsp3) is 0.429. The molecule has 0 unspecified atom stereocenters. The van der Waals surface area contributed by atoms with E-state index in [9.17, 15) is 9.59 Å². The number of carbonyl (C=O) groups excluding carboxylic acids is 1. The van der Waals surface area contributed by atoms with E-state index < -0.39 is 0 Å². The van der Waals surface area contributed by atoms with Crippen molar-refractivity contribution in [1.29, 1.82) is 0 Å². The lowest BCUT2D eigenvalue weighted by molar-refractivity contribution is -0.133. The van der Waals surface area contributed by atoms with E-state index in [4.69, 9.17) is 0 Å². The van der Waals surface area contributed by atoms with Crippen LogP contribution in [0.5, 0.6) is 0 Å². The zero-order chi connectivity index (χ0) is 19.8. The minimum atomic E-state index is -0.0910. The van der Waals surface area contributed by atoms with Gasteiger partial charge in [-0.25, -0.2) is 4.68 Å². The van der Waals surface area contributed by atoms with E-state index in [-0.39, 0.29) is 24.1 Å². The van der Waals surface area contributed by atoms with Crippen LogP contribution in [-0.4, -0.2) is 56.5 Å². The van der Waals surface area contributed by atoms with Crippen molar-refractivity contribution < 1.29 is 4.79 Å². The fourth-order valence-corrected chi connectivity index (χ4v) is 4.19. The quantitative estimate of drug-likeness (QED) is 0.675. The first kappa shape index (κ1) is 17.9. The zero-order valence-corrected chi connectivity index (χ0v) is 16.3. The SMILES string of the molecule is O=C(Cn1ncc2ccccc21)N1CCC[C@H](n2ncc(N3CCC3)cc2=O)C1. The average Bonchev–Trinajstić information content (AvgIpc) is 3.10. The van der Waals surface area contributed by atoms with Crippen LogP contribution in [0.3, 0.4) is 0 Å². The fourth-order valence-electron chi connectivity index (χ4n) is 4.19. The Bertz CT molecular complexity index is 1100. The van der Waals surface area contributed by atoms with Gasteiger partial charge >= 0.3 is 0 Å². The third-order valence-corrected chi connectivity index (χ3v) is 5.96. The predicted molar refractivity (Wildman–Crippen MR) is 110 cm³/mol. The van der Waals surface area contributed by atoms with Gasteiger partial charge in [0, 0.05) is 37.6 Å². The van der Waals surface area contributed by atoms with Crippen molar-refractivity contribution >= 4 is 22.5 Å². The minimum Gasteiger partial charge on any atom is -0.370 e. The van der Waals surface area contributed by atoms with Crippen LogP contribution in [0.25, 0.3) is 10.9 Å². The van der Waals surface area contributed by atoms with Crippen LogP contribution >= 0.6 is 0 Å². The third kappa shape index (κ3) is 3.39. The van der Waals surface area contributed by atoms with Crippen LogP contribution in [0.15, 0.2) is 47.5 Å². The van der Waals surface area contributed by atoms with Gasteiger partial charge in [0.15, 0.2) is 0 Å². The number of anilines is 1. The number of amides is 1. The molecule has 2 fully saturated rings. The molecule has 150 valence electrons. The summed E-state index contributed by atoms with van der Waals surface area (Å²) < 4.78 is 3.29. The molecule has 1 amide bonds. The highest BCUT2D eigenvalue weighted by Gasteiger charge is 2.27. The summed E-state index contributed by atoms with van der Waals surface area (Å²) in [6, 6.07) is 9.45. The first-order chi connectivity index (χ1) is 14.2. The molecule has 0 N–H and O–H groups in total. The zero-order valence-electron chi connectivity index (χ0n) is 16.3. The monoisotopic (exact) mass is 392 g/mol. The predicted octanol–water partition coefficient (Wildman–Crippen LogP) is 1.67. The van der Waals surface area contributed by atoms with E-state index in [1.807, 2.05) is 29.2 Å². The number of piperidine rings is 1. The molecule has 8 heteroatoms. The number of nitrogens with zero attached hydrogens (tertiary/aromatic N) is 6. The number of hydrogen-bond acceptors (Lipinski definition) is 5. The largest absolute Gasteiger partial charge is 0.370 e. The van der Waals surface area contributed by atoms with Crippen molar-refractivity contribution in [2.24, 2.45) is 0 Å². The summed E-state index contributed by atoms with van der Waals surface area (Å²) in [6.45, 7) is 3.39. The smallest absolute Gasteiger partial charge is 0.269 e. The van der Waals surface area contributed by atoms with Crippen LogP contribution in [0.1, 0.15) is 25.3 Å². The number of likely N-dealkylation sites (tertiary alicyclic amines) is 1.